The maximum atomic E-state index is 10.9. The third kappa shape index (κ3) is 2.76. The minimum Gasteiger partial charge on any atom is -0.298 e. The van der Waals surface area contributed by atoms with Gasteiger partial charge in [0.15, 0.2) is 0 Å². The molecule has 0 aromatic carbocycles. The van der Waals surface area contributed by atoms with Crippen LogP contribution in [0.15, 0.2) is 5.18 Å². The van der Waals surface area contributed by atoms with E-state index in [2.05, 4.69) is 5.18 Å². The number of nitrogens with zero attached hydrogens (tertiary/aromatic N) is 2. The average Bonchev–Trinajstić information content (AvgIpc) is 1.85. The Hall–Kier alpha value is -0.770. The van der Waals surface area contributed by atoms with E-state index in [9.17, 15) is 9.70 Å². The van der Waals surface area contributed by atoms with E-state index in [1.54, 1.807) is 19.0 Å². The summed E-state index contributed by atoms with van der Waals surface area (Å²) in [7, 11) is 3.52. The molecule has 0 aromatic rings. The van der Waals surface area contributed by atoms with E-state index >= 15 is 0 Å². The lowest BCUT2D eigenvalue weighted by Gasteiger charge is -2.22. The fourth-order valence-electron chi connectivity index (χ4n) is 1.16. The summed E-state index contributed by atoms with van der Waals surface area (Å²) in [5.74, 6) is -0.472. The maximum Gasteiger partial charge on any atom is 0.303 e. The van der Waals surface area contributed by atoms with Crippen LogP contribution in [-0.2, 0) is 4.79 Å². The summed E-state index contributed by atoms with van der Waals surface area (Å²) in [5, 5.41) is 2.40. The molecule has 0 fully saturated rings. The lowest BCUT2D eigenvalue weighted by molar-refractivity contribution is -0.123. The minimum atomic E-state index is -0.593. The minimum absolute atomic E-state index is 0.121. The average molecular weight is 158 g/mol. The molecule has 1 amide bonds. The van der Waals surface area contributed by atoms with Gasteiger partial charge in [-0.25, -0.2) is 0 Å². The molecule has 0 spiro atoms. The van der Waals surface area contributed by atoms with Crippen molar-refractivity contribution in [3.63, 3.8) is 0 Å². The summed E-state index contributed by atoms with van der Waals surface area (Å²) in [4.78, 5) is 22.5. The number of hydrogen-bond acceptors (Lipinski definition) is 3. The summed E-state index contributed by atoms with van der Waals surface area (Å²) < 4.78 is 0. The molecule has 0 saturated heterocycles. The molecule has 1 atom stereocenters. The Morgan fingerprint density at radius 1 is 1.36 bits per heavy atom. The fourth-order valence-corrected chi connectivity index (χ4v) is 1.16. The first-order valence-corrected chi connectivity index (χ1v) is 3.54. The Morgan fingerprint density at radius 3 is 1.91 bits per heavy atom. The summed E-state index contributed by atoms with van der Waals surface area (Å²) in [5.41, 5.74) is 0. The van der Waals surface area contributed by atoms with Crippen LogP contribution in [0.3, 0.4) is 0 Å². The quantitative estimate of drug-likeness (QED) is 0.572. The van der Waals surface area contributed by atoms with Crippen molar-refractivity contribution < 1.29 is 4.79 Å². The van der Waals surface area contributed by atoms with Gasteiger partial charge in [-0.2, -0.15) is 0 Å². The number of amides is 1. The van der Waals surface area contributed by atoms with Crippen molar-refractivity contribution in [1.29, 1.82) is 0 Å². The zero-order chi connectivity index (χ0) is 9.02. The van der Waals surface area contributed by atoms with Gasteiger partial charge in [-0.3, -0.25) is 9.69 Å². The number of hydrogen-bond donors (Lipinski definition) is 0. The van der Waals surface area contributed by atoms with Crippen molar-refractivity contribution in [2.45, 2.75) is 19.9 Å². The van der Waals surface area contributed by atoms with Crippen LogP contribution in [0.4, 0.5) is 0 Å². The molecular formula is C7H14N2O2. The molecule has 11 heavy (non-hydrogen) atoms. The summed E-state index contributed by atoms with van der Waals surface area (Å²) >= 11 is 0. The van der Waals surface area contributed by atoms with Crippen LogP contribution in [0.5, 0.6) is 0 Å². The Balaban J connectivity index is 4.33. The zero-order valence-corrected chi connectivity index (χ0v) is 7.37. The van der Waals surface area contributed by atoms with Crippen LogP contribution in [0.2, 0.25) is 0 Å². The first-order valence-electron chi connectivity index (χ1n) is 3.54. The van der Waals surface area contributed by atoms with Gasteiger partial charge in [-0.1, -0.05) is 13.8 Å². The highest BCUT2D eigenvalue weighted by Crippen LogP contribution is 2.08. The van der Waals surface area contributed by atoms with E-state index in [-0.39, 0.29) is 12.0 Å². The van der Waals surface area contributed by atoms with Crippen molar-refractivity contribution in [3.8, 4) is 0 Å². The molecule has 0 rings (SSSR count). The van der Waals surface area contributed by atoms with E-state index in [4.69, 9.17) is 0 Å². The molecular weight excluding hydrogens is 144 g/mol. The van der Waals surface area contributed by atoms with E-state index in [0.29, 0.717) is 0 Å². The SMILES string of the molecule is CC(C)C(C(=O)N=O)N(C)C. The van der Waals surface area contributed by atoms with Crippen molar-refractivity contribution in [3.05, 3.63) is 4.91 Å². The van der Waals surface area contributed by atoms with Crippen LogP contribution < -0.4 is 0 Å². The highest BCUT2D eigenvalue weighted by atomic mass is 16.3. The maximum absolute atomic E-state index is 10.9. The third-order valence-electron chi connectivity index (χ3n) is 1.53. The number of rotatable bonds is 3. The van der Waals surface area contributed by atoms with Crippen LogP contribution in [-0.4, -0.2) is 30.9 Å². The first-order chi connectivity index (χ1) is 5.00. The number of carbonyl (C=O) groups excluding carboxylic acids is 1. The van der Waals surface area contributed by atoms with Crippen molar-refractivity contribution in [1.82, 2.24) is 4.90 Å². The topological polar surface area (TPSA) is 49.7 Å². The molecule has 0 aromatic heterocycles. The Kier molecular flexibility index (Phi) is 3.89. The summed E-state index contributed by atoms with van der Waals surface area (Å²) in [6.45, 7) is 3.77. The Labute approximate surface area is 66.5 Å². The largest absolute Gasteiger partial charge is 0.303 e. The third-order valence-corrected chi connectivity index (χ3v) is 1.53. The van der Waals surface area contributed by atoms with E-state index < -0.39 is 5.91 Å². The fraction of sp³-hybridized carbons (Fsp3) is 0.857. The van der Waals surface area contributed by atoms with Crippen molar-refractivity contribution >= 4 is 5.91 Å². The van der Waals surface area contributed by atoms with Gasteiger partial charge in [0.2, 0.25) is 0 Å². The van der Waals surface area contributed by atoms with Gasteiger partial charge in [0, 0.05) is 5.18 Å². The van der Waals surface area contributed by atoms with Gasteiger partial charge in [0.25, 0.3) is 0 Å². The second-order valence-electron chi connectivity index (χ2n) is 3.08. The Bertz CT molecular complexity index is 147. The highest BCUT2D eigenvalue weighted by Gasteiger charge is 2.24. The predicted octanol–water partition coefficient (Wildman–Crippen LogP) is 0.866. The molecule has 4 heteroatoms. The van der Waals surface area contributed by atoms with E-state index in [1.807, 2.05) is 13.8 Å². The molecule has 0 radical (unpaired) electrons. The monoisotopic (exact) mass is 158 g/mol. The molecule has 0 aliphatic carbocycles. The second kappa shape index (κ2) is 4.18. The number of likely N-dealkylation sites (N-methyl/N-ethyl adjacent to an activating group) is 1. The van der Waals surface area contributed by atoms with Gasteiger partial charge >= 0.3 is 5.91 Å². The molecule has 64 valence electrons. The first kappa shape index (κ1) is 10.2. The molecule has 1 unspecified atom stereocenters. The van der Waals surface area contributed by atoms with Crippen LogP contribution in [0, 0.1) is 10.8 Å². The lowest BCUT2D eigenvalue weighted by atomic mass is 10.0. The predicted molar refractivity (Wildman–Crippen MR) is 43.1 cm³/mol. The van der Waals surface area contributed by atoms with Crippen LogP contribution in [0.1, 0.15) is 13.8 Å². The summed E-state index contributed by atoms with van der Waals surface area (Å²) in [6.07, 6.45) is 0. The molecule has 4 nitrogen and oxygen atoms in total. The standard InChI is InChI=1S/C7H14N2O2/c1-5(2)6(9(3)4)7(10)8-11/h5-6H,1-4H3. The van der Waals surface area contributed by atoms with Gasteiger partial charge in [-0.05, 0) is 20.0 Å². The number of carbonyl (C=O) groups is 1. The van der Waals surface area contributed by atoms with Crippen molar-refractivity contribution in [2.24, 2.45) is 11.1 Å². The van der Waals surface area contributed by atoms with Crippen LogP contribution >= 0.6 is 0 Å². The number of nitroso groups, excluding NO2 is 1. The van der Waals surface area contributed by atoms with Gasteiger partial charge in [0.1, 0.15) is 0 Å². The molecule has 0 N–H and O–H groups in total. The van der Waals surface area contributed by atoms with E-state index in [0.717, 1.165) is 0 Å². The van der Waals surface area contributed by atoms with Crippen LogP contribution in [0.25, 0.3) is 0 Å². The molecule has 0 saturated carbocycles. The van der Waals surface area contributed by atoms with E-state index in [1.165, 1.54) is 0 Å². The van der Waals surface area contributed by atoms with Crippen molar-refractivity contribution in [2.75, 3.05) is 14.1 Å². The second-order valence-corrected chi connectivity index (χ2v) is 3.08. The molecule has 0 aliphatic heterocycles. The zero-order valence-electron chi connectivity index (χ0n) is 7.37. The molecule has 0 heterocycles. The highest BCUT2D eigenvalue weighted by molar-refractivity contribution is 5.82. The van der Waals surface area contributed by atoms with Gasteiger partial charge in [-0.15, -0.1) is 4.91 Å². The van der Waals surface area contributed by atoms with Gasteiger partial charge in [0.05, 0.1) is 6.04 Å². The lowest BCUT2D eigenvalue weighted by Crippen LogP contribution is -2.38. The normalized spacial score (nSPS) is 13.6. The summed E-state index contributed by atoms with van der Waals surface area (Å²) in [6, 6.07) is -0.382. The molecule has 0 bridgehead atoms. The Morgan fingerprint density at radius 2 is 1.82 bits per heavy atom. The van der Waals surface area contributed by atoms with Gasteiger partial charge < -0.3 is 0 Å². The smallest absolute Gasteiger partial charge is 0.298 e. The molecule has 0 aliphatic rings.